The first-order chi connectivity index (χ1) is 12.2. The summed E-state index contributed by atoms with van der Waals surface area (Å²) >= 11 is 0. The van der Waals surface area contributed by atoms with Crippen LogP contribution in [-0.2, 0) is 20.7 Å². The molecule has 1 amide bonds. The number of nitrogens with one attached hydrogen (secondary N) is 2. The van der Waals surface area contributed by atoms with Crippen LogP contribution >= 0.6 is 0 Å². The molecule has 2 N–H and O–H groups in total. The number of fused-ring (bicyclic) bond motifs is 1. The zero-order chi connectivity index (χ0) is 17.2. The van der Waals surface area contributed by atoms with E-state index in [0.29, 0.717) is 17.9 Å². The van der Waals surface area contributed by atoms with E-state index in [-0.39, 0.29) is 12.7 Å². The minimum absolute atomic E-state index is 0.109. The first-order valence-electron chi connectivity index (χ1n) is 8.12. The van der Waals surface area contributed by atoms with Crippen LogP contribution in [0.25, 0.3) is 5.57 Å². The molecule has 0 bridgehead atoms. The summed E-state index contributed by atoms with van der Waals surface area (Å²) in [5.41, 5.74) is 5.36. The Labute approximate surface area is 146 Å². The number of rotatable bonds is 4. The Hall–Kier alpha value is -3.21. The second kappa shape index (κ2) is 6.36. The van der Waals surface area contributed by atoms with Gasteiger partial charge in [-0.05, 0) is 24.1 Å². The van der Waals surface area contributed by atoms with E-state index in [1.54, 1.807) is 0 Å². The van der Waals surface area contributed by atoms with E-state index in [2.05, 4.69) is 10.6 Å². The van der Waals surface area contributed by atoms with Gasteiger partial charge >= 0.3 is 0 Å². The van der Waals surface area contributed by atoms with Gasteiger partial charge in [-0.25, -0.2) is 0 Å². The van der Waals surface area contributed by atoms with Crippen molar-refractivity contribution in [3.05, 3.63) is 83.1 Å². The number of hydrogen-bond donors (Lipinski definition) is 2. The Morgan fingerprint density at radius 2 is 2.00 bits per heavy atom. The molecule has 5 nitrogen and oxygen atoms in total. The van der Waals surface area contributed by atoms with Crippen molar-refractivity contribution >= 4 is 17.2 Å². The fourth-order valence-corrected chi connectivity index (χ4v) is 3.14. The summed E-state index contributed by atoms with van der Waals surface area (Å²) < 4.78 is 10.5. The summed E-state index contributed by atoms with van der Waals surface area (Å²) in [6.07, 6.45) is 2.11. The summed E-state index contributed by atoms with van der Waals surface area (Å²) in [6, 6.07) is 15.9. The van der Waals surface area contributed by atoms with Gasteiger partial charge in [0.25, 0.3) is 5.91 Å². The molecule has 0 spiro atoms. The fraction of sp³-hybridized carbons (Fsp3) is 0.150. The number of carbonyl (C=O) groups is 1. The second-order valence-electron chi connectivity index (χ2n) is 6.00. The smallest absolute Gasteiger partial charge is 0.258 e. The molecule has 0 saturated carbocycles. The Bertz CT molecular complexity index is 885. The van der Waals surface area contributed by atoms with Crippen molar-refractivity contribution in [3.63, 3.8) is 0 Å². The molecule has 2 aromatic carbocycles. The molecule has 2 aliphatic rings. The topological polar surface area (TPSA) is 59.6 Å². The van der Waals surface area contributed by atoms with Gasteiger partial charge in [0.2, 0.25) is 12.7 Å². The maximum absolute atomic E-state index is 12.7. The number of allylic oxidation sites excluding steroid dienone is 1. The maximum atomic E-state index is 12.7. The predicted octanol–water partition coefficient (Wildman–Crippen LogP) is 3.29. The number of benzene rings is 2. The van der Waals surface area contributed by atoms with E-state index in [9.17, 15) is 4.79 Å². The molecule has 4 rings (SSSR count). The lowest BCUT2D eigenvalue weighted by Crippen LogP contribution is -2.20. The predicted molar refractivity (Wildman–Crippen MR) is 95.1 cm³/mol. The Morgan fingerprint density at radius 1 is 1.16 bits per heavy atom. The summed E-state index contributed by atoms with van der Waals surface area (Å²) in [7, 11) is 0. The highest BCUT2D eigenvalue weighted by Gasteiger charge is 2.29. The van der Waals surface area contributed by atoms with Crippen molar-refractivity contribution in [2.45, 2.75) is 13.3 Å². The quantitative estimate of drug-likeness (QED) is 0.843. The molecule has 5 heteroatoms. The van der Waals surface area contributed by atoms with E-state index in [1.165, 1.54) is 6.26 Å². The van der Waals surface area contributed by atoms with Crippen molar-refractivity contribution in [1.82, 2.24) is 5.32 Å². The minimum Gasteiger partial charge on any atom is -0.459 e. The highest BCUT2D eigenvalue weighted by atomic mass is 16.7. The summed E-state index contributed by atoms with van der Waals surface area (Å²) in [5, 5.41) is 6.19. The minimum atomic E-state index is -0.109. The molecule has 126 valence electrons. The second-order valence-corrected chi connectivity index (χ2v) is 6.00. The number of carbonyl (C=O) groups excluding carboxylic acids is 1. The Balaban J connectivity index is 1.82. The van der Waals surface area contributed by atoms with Gasteiger partial charge in [-0.2, -0.15) is 0 Å². The largest absolute Gasteiger partial charge is 0.459 e. The van der Waals surface area contributed by atoms with Gasteiger partial charge in [-0.3, -0.25) is 4.79 Å². The third-order valence-electron chi connectivity index (χ3n) is 4.27. The van der Waals surface area contributed by atoms with Crippen LogP contribution in [-0.4, -0.2) is 12.7 Å². The van der Waals surface area contributed by atoms with Crippen LogP contribution in [0.5, 0.6) is 0 Å². The molecule has 25 heavy (non-hydrogen) atoms. The van der Waals surface area contributed by atoms with Crippen molar-refractivity contribution in [1.29, 1.82) is 0 Å². The molecule has 0 atom stereocenters. The first kappa shape index (κ1) is 15.3. The van der Waals surface area contributed by atoms with Gasteiger partial charge < -0.3 is 20.1 Å². The van der Waals surface area contributed by atoms with E-state index in [0.717, 1.165) is 28.1 Å². The molecule has 2 aromatic rings. The van der Waals surface area contributed by atoms with Crippen LogP contribution in [0, 0.1) is 6.92 Å². The van der Waals surface area contributed by atoms with Gasteiger partial charge in [0, 0.05) is 23.4 Å². The lowest BCUT2D eigenvalue weighted by molar-refractivity contribution is -0.110. The van der Waals surface area contributed by atoms with Gasteiger partial charge in [-0.15, -0.1) is 0 Å². The van der Waals surface area contributed by atoms with Crippen LogP contribution in [0.15, 0.2) is 66.4 Å². The number of ether oxygens (including phenoxy) is 2. The molecule has 2 heterocycles. The highest BCUT2D eigenvalue weighted by Crippen LogP contribution is 2.36. The average Bonchev–Trinajstić information content (AvgIpc) is 3.23. The first-order valence-corrected chi connectivity index (χ1v) is 8.12. The van der Waals surface area contributed by atoms with Gasteiger partial charge in [0.15, 0.2) is 0 Å². The van der Waals surface area contributed by atoms with Gasteiger partial charge in [0.1, 0.15) is 6.26 Å². The Morgan fingerprint density at radius 3 is 2.76 bits per heavy atom. The van der Waals surface area contributed by atoms with E-state index in [4.69, 9.17) is 9.47 Å². The zero-order valence-corrected chi connectivity index (χ0v) is 13.8. The van der Waals surface area contributed by atoms with Gasteiger partial charge in [-0.1, -0.05) is 42.5 Å². The standard InChI is InChI=1S/C20H18N2O3/c1-13-6-5-9-15-18(13)19(20(23)22-15)16(21-17-11-24-12-25-17)10-14-7-3-2-4-8-14/h2-9,11,21H,10,12H2,1H3,(H,22,23). The van der Waals surface area contributed by atoms with E-state index >= 15 is 0 Å². The lowest BCUT2D eigenvalue weighted by Gasteiger charge is -2.15. The lowest BCUT2D eigenvalue weighted by atomic mass is 9.97. The SMILES string of the molecule is Cc1cccc2c1C(=C(Cc1ccccc1)NC1=COCO1)C(=O)N2. The highest BCUT2D eigenvalue weighted by molar-refractivity contribution is 6.32. The van der Waals surface area contributed by atoms with Gasteiger partial charge in [0.05, 0.1) is 5.57 Å². The molecule has 0 radical (unpaired) electrons. The molecule has 0 aromatic heterocycles. The van der Waals surface area contributed by atoms with Crippen LogP contribution < -0.4 is 10.6 Å². The zero-order valence-electron chi connectivity index (χ0n) is 13.8. The third kappa shape index (κ3) is 2.96. The number of anilines is 1. The molecule has 0 unspecified atom stereocenters. The Kier molecular flexibility index (Phi) is 3.90. The molecule has 2 aliphatic heterocycles. The molecular weight excluding hydrogens is 316 g/mol. The van der Waals surface area contributed by atoms with Crippen molar-refractivity contribution < 1.29 is 14.3 Å². The fourth-order valence-electron chi connectivity index (χ4n) is 3.14. The van der Waals surface area contributed by atoms with Crippen LogP contribution in [0.4, 0.5) is 5.69 Å². The normalized spacial score (nSPS) is 17.2. The van der Waals surface area contributed by atoms with Crippen molar-refractivity contribution in [2.75, 3.05) is 12.1 Å². The van der Waals surface area contributed by atoms with E-state index in [1.807, 2.05) is 55.5 Å². The molecule has 0 fully saturated rings. The summed E-state index contributed by atoms with van der Waals surface area (Å²) in [5.74, 6) is 0.399. The molecule has 0 saturated heterocycles. The number of aryl methyl sites for hydroxylation is 1. The van der Waals surface area contributed by atoms with Crippen LogP contribution in [0.1, 0.15) is 16.7 Å². The molecule has 0 aliphatic carbocycles. The maximum Gasteiger partial charge on any atom is 0.258 e. The summed E-state index contributed by atoms with van der Waals surface area (Å²) in [4.78, 5) is 12.7. The number of hydrogen-bond acceptors (Lipinski definition) is 4. The third-order valence-corrected chi connectivity index (χ3v) is 4.27. The monoisotopic (exact) mass is 334 g/mol. The van der Waals surface area contributed by atoms with Crippen molar-refractivity contribution in [2.24, 2.45) is 0 Å². The molecular formula is C20H18N2O3. The van der Waals surface area contributed by atoms with Crippen LogP contribution in [0.3, 0.4) is 0 Å². The number of amides is 1. The summed E-state index contributed by atoms with van der Waals surface area (Å²) in [6.45, 7) is 2.19. The average molecular weight is 334 g/mol. The van der Waals surface area contributed by atoms with Crippen molar-refractivity contribution in [3.8, 4) is 0 Å². The van der Waals surface area contributed by atoms with Crippen LogP contribution in [0.2, 0.25) is 0 Å². The van der Waals surface area contributed by atoms with E-state index < -0.39 is 0 Å².